The van der Waals surface area contributed by atoms with Crippen molar-refractivity contribution in [2.75, 3.05) is 11.4 Å². The molecule has 0 radical (unpaired) electrons. The Bertz CT molecular complexity index is 676. The molecular weight excluding hydrogens is 294 g/mol. The Labute approximate surface area is 117 Å². The van der Waals surface area contributed by atoms with Gasteiger partial charge in [0.05, 0.1) is 0 Å². The van der Waals surface area contributed by atoms with Crippen LogP contribution in [0.5, 0.6) is 0 Å². The fraction of sp³-hybridized carbons (Fsp3) is 0.143. The molecule has 0 amide bonds. The van der Waals surface area contributed by atoms with Gasteiger partial charge in [-0.25, -0.2) is 17.6 Å². The number of hydrogen-bond donors (Lipinski definition) is 0. The normalized spacial score (nSPS) is 13.8. The molecule has 104 valence electrons. The van der Waals surface area contributed by atoms with Crippen LogP contribution in [0.3, 0.4) is 0 Å². The summed E-state index contributed by atoms with van der Waals surface area (Å²) in [6.45, 7) is 0.229. The third-order valence-electron chi connectivity index (χ3n) is 3.30. The number of anilines is 2. The Balaban J connectivity index is 2.18. The molecule has 0 spiro atoms. The molecular formula is C14H8ClF4N. The highest BCUT2D eigenvalue weighted by Gasteiger charge is 2.29. The zero-order chi connectivity index (χ0) is 14.4. The third kappa shape index (κ3) is 1.93. The zero-order valence-electron chi connectivity index (χ0n) is 10.1. The second kappa shape index (κ2) is 4.66. The van der Waals surface area contributed by atoms with Gasteiger partial charge in [-0.3, -0.25) is 0 Å². The van der Waals surface area contributed by atoms with Gasteiger partial charge in [0.25, 0.3) is 0 Å². The Morgan fingerprint density at radius 3 is 2.25 bits per heavy atom. The van der Waals surface area contributed by atoms with E-state index < -0.39 is 29.0 Å². The maximum absolute atomic E-state index is 13.8. The molecule has 0 saturated carbocycles. The van der Waals surface area contributed by atoms with E-state index in [2.05, 4.69) is 0 Å². The number of nitrogens with zero attached hydrogens (tertiary/aromatic N) is 1. The van der Waals surface area contributed by atoms with Crippen LogP contribution >= 0.6 is 11.6 Å². The van der Waals surface area contributed by atoms with Crippen molar-refractivity contribution in [3.05, 3.63) is 58.1 Å². The van der Waals surface area contributed by atoms with Gasteiger partial charge in [-0.05, 0) is 30.2 Å². The van der Waals surface area contributed by atoms with E-state index in [4.69, 9.17) is 11.6 Å². The molecule has 0 N–H and O–H groups in total. The van der Waals surface area contributed by atoms with Crippen molar-refractivity contribution >= 4 is 23.0 Å². The zero-order valence-corrected chi connectivity index (χ0v) is 10.8. The number of benzene rings is 2. The van der Waals surface area contributed by atoms with Crippen molar-refractivity contribution in [2.45, 2.75) is 6.42 Å². The van der Waals surface area contributed by atoms with E-state index in [1.165, 1.54) is 4.90 Å². The maximum Gasteiger partial charge on any atom is 0.185 e. The smallest absolute Gasteiger partial charge is 0.185 e. The highest BCUT2D eigenvalue weighted by molar-refractivity contribution is 6.30. The number of fused-ring (bicyclic) bond motifs is 1. The van der Waals surface area contributed by atoms with E-state index in [9.17, 15) is 17.6 Å². The van der Waals surface area contributed by atoms with Gasteiger partial charge >= 0.3 is 0 Å². The lowest BCUT2D eigenvalue weighted by Crippen LogP contribution is -2.18. The standard InChI is InChI=1S/C14H8ClF4N/c15-8-1-2-11-7(5-8)3-4-20(11)14-12(18)9(16)6-10(17)13(14)19/h1-2,5-6H,3-4H2. The first-order valence-electron chi connectivity index (χ1n) is 5.88. The van der Waals surface area contributed by atoms with Crippen LogP contribution in [0.2, 0.25) is 5.02 Å². The molecule has 2 aromatic carbocycles. The highest BCUT2D eigenvalue weighted by Crippen LogP contribution is 2.39. The van der Waals surface area contributed by atoms with Crippen LogP contribution in [-0.2, 0) is 6.42 Å². The van der Waals surface area contributed by atoms with Crippen molar-refractivity contribution < 1.29 is 17.6 Å². The largest absolute Gasteiger partial charge is 0.336 e. The average Bonchev–Trinajstić information content (AvgIpc) is 2.80. The number of hydrogen-bond acceptors (Lipinski definition) is 1. The molecule has 0 bridgehead atoms. The predicted molar refractivity (Wildman–Crippen MR) is 68.4 cm³/mol. The monoisotopic (exact) mass is 301 g/mol. The first-order valence-corrected chi connectivity index (χ1v) is 6.26. The summed E-state index contributed by atoms with van der Waals surface area (Å²) >= 11 is 5.84. The summed E-state index contributed by atoms with van der Waals surface area (Å²) in [6.07, 6.45) is 0.493. The number of halogens is 5. The highest BCUT2D eigenvalue weighted by atomic mass is 35.5. The minimum absolute atomic E-state index is 0.201. The summed E-state index contributed by atoms with van der Waals surface area (Å²) in [5.41, 5.74) is 0.571. The van der Waals surface area contributed by atoms with Crippen molar-refractivity contribution in [3.8, 4) is 0 Å². The first-order chi connectivity index (χ1) is 9.49. The fourth-order valence-corrected chi connectivity index (χ4v) is 2.59. The minimum atomic E-state index is -1.42. The molecule has 20 heavy (non-hydrogen) atoms. The molecule has 0 aliphatic carbocycles. The molecule has 1 nitrogen and oxygen atoms in total. The van der Waals surface area contributed by atoms with Gasteiger partial charge < -0.3 is 4.90 Å². The quantitative estimate of drug-likeness (QED) is 0.550. The summed E-state index contributed by atoms with van der Waals surface area (Å²) < 4.78 is 54.2. The Kier molecular flexibility index (Phi) is 3.09. The second-order valence-electron chi connectivity index (χ2n) is 4.49. The molecule has 1 aliphatic heterocycles. The second-order valence-corrected chi connectivity index (χ2v) is 4.93. The van der Waals surface area contributed by atoms with Gasteiger partial charge in [0.15, 0.2) is 23.3 Å². The minimum Gasteiger partial charge on any atom is -0.336 e. The van der Waals surface area contributed by atoms with Crippen LogP contribution in [0, 0.1) is 23.3 Å². The molecule has 0 atom stereocenters. The van der Waals surface area contributed by atoms with Crippen molar-refractivity contribution in [2.24, 2.45) is 0 Å². The Morgan fingerprint density at radius 1 is 0.950 bits per heavy atom. The van der Waals surface area contributed by atoms with Crippen LogP contribution in [0.15, 0.2) is 24.3 Å². The SMILES string of the molecule is Fc1cc(F)c(F)c(N2CCc3cc(Cl)ccc32)c1F. The van der Waals surface area contributed by atoms with Gasteiger partial charge in [-0.15, -0.1) is 0 Å². The van der Waals surface area contributed by atoms with Gasteiger partial charge in [-0.1, -0.05) is 11.6 Å². The van der Waals surface area contributed by atoms with Gasteiger partial charge in [-0.2, -0.15) is 0 Å². The molecule has 1 heterocycles. The van der Waals surface area contributed by atoms with E-state index in [1.807, 2.05) is 0 Å². The van der Waals surface area contributed by atoms with Crippen LogP contribution < -0.4 is 4.90 Å². The van der Waals surface area contributed by atoms with Crippen LogP contribution in [0.1, 0.15) is 5.56 Å². The molecule has 3 rings (SSSR count). The van der Waals surface area contributed by atoms with Crippen LogP contribution in [0.4, 0.5) is 28.9 Å². The predicted octanol–water partition coefficient (Wildman–Crippen LogP) is 4.59. The molecule has 0 fully saturated rings. The molecule has 6 heteroatoms. The van der Waals surface area contributed by atoms with E-state index in [0.717, 1.165) is 5.56 Å². The molecule has 0 unspecified atom stereocenters. The summed E-state index contributed by atoms with van der Waals surface area (Å²) in [5, 5.41) is 0.497. The van der Waals surface area contributed by atoms with Crippen LogP contribution in [0.25, 0.3) is 0 Å². The van der Waals surface area contributed by atoms with Crippen molar-refractivity contribution in [3.63, 3.8) is 0 Å². The summed E-state index contributed by atoms with van der Waals surface area (Å²) in [4.78, 5) is 1.22. The van der Waals surface area contributed by atoms with Crippen molar-refractivity contribution in [1.29, 1.82) is 0 Å². The summed E-state index contributed by atoms with van der Waals surface area (Å²) in [6, 6.07) is 5.01. The van der Waals surface area contributed by atoms with Gasteiger partial charge in [0, 0.05) is 23.3 Å². The van der Waals surface area contributed by atoms with Crippen LogP contribution in [-0.4, -0.2) is 6.54 Å². The van der Waals surface area contributed by atoms with E-state index in [1.54, 1.807) is 18.2 Å². The average molecular weight is 302 g/mol. The fourth-order valence-electron chi connectivity index (χ4n) is 2.40. The van der Waals surface area contributed by atoms with Gasteiger partial charge in [0.1, 0.15) is 5.69 Å². The molecule has 0 saturated heterocycles. The molecule has 1 aliphatic rings. The van der Waals surface area contributed by atoms with Gasteiger partial charge in [0.2, 0.25) is 0 Å². The maximum atomic E-state index is 13.8. The molecule has 0 aromatic heterocycles. The lowest BCUT2D eigenvalue weighted by Gasteiger charge is -2.21. The summed E-state index contributed by atoms with van der Waals surface area (Å²) in [5.74, 6) is -5.62. The topological polar surface area (TPSA) is 3.24 Å². The van der Waals surface area contributed by atoms with E-state index in [0.29, 0.717) is 17.1 Å². The Hall–Kier alpha value is -1.75. The molecule has 2 aromatic rings. The van der Waals surface area contributed by atoms with E-state index in [-0.39, 0.29) is 12.6 Å². The van der Waals surface area contributed by atoms with Crippen molar-refractivity contribution in [1.82, 2.24) is 0 Å². The number of rotatable bonds is 1. The Morgan fingerprint density at radius 2 is 1.60 bits per heavy atom. The van der Waals surface area contributed by atoms with E-state index >= 15 is 0 Å². The lowest BCUT2D eigenvalue weighted by molar-refractivity contribution is 0.455. The first kappa shape index (κ1) is 13.2. The lowest BCUT2D eigenvalue weighted by atomic mass is 10.1. The summed E-state index contributed by atoms with van der Waals surface area (Å²) in [7, 11) is 0. The third-order valence-corrected chi connectivity index (χ3v) is 3.53.